The molecule has 0 amide bonds. The molecule has 1 rings (SSSR count). The van der Waals surface area contributed by atoms with E-state index in [1.165, 1.54) is 0 Å². The van der Waals surface area contributed by atoms with E-state index < -0.39 is 5.97 Å². The Morgan fingerprint density at radius 3 is 3.00 bits per heavy atom. The lowest BCUT2D eigenvalue weighted by atomic mass is 10.3. The lowest BCUT2D eigenvalue weighted by Gasteiger charge is -2.11. The second-order valence-electron chi connectivity index (χ2n) is 2.61. The van der Waals surface area contributed by atoms with E-state index in [1.54, 1.807) is 0 Å². The van der Waals surface area contributed by atoms with Gasteiger partial charge in [-0.15, -0.1) is 0 Å². The van der Waals surface area contributed by atoms with Gasteiger partial charge in [0.1, 0.15) is 0 Å². The smallest absolute Gasteiger partial charge is 0.303 e. The third-order valence-electron chi connectivity index (χ3n) is 1.73. The zero-order valence-corrected chi connectivity index (χ0v) is 6.58. The van der Waals surface area contributed by atoms with Crippen LogP contribution in [0.15, 0.2) is 4.99 Å². The summed E-state index contributed by atoms with van der Waals surface area (Å²) in [4.78, 5) is 16.4. The molecule has 0 radical (unpaired) electrons. The van der Waals surface area contributed by atoms with Gasteiger partial charge < -0.3 is 10.0 Å². The first kappa shape index (κ1) is 8.04. The van der Waals surface area contributed by atoms with E-state index in [4.69, 9.17) is 5.11 Å². The second-order valence-corrected chi connectivity index (χ2v) is 2.61. The van der Waals surface area contributed by atoms with Gasteiger partial charge in [-0.1, -0.05) is 0 Å². The number of carboxylic acid groups (broad SMARTS) is 1. The molecule has 1 aliphatic heterocycles. The number of likely N-dealkylation sites (N-methyl/N-ethyl adjacent to an activating group) is 1. The Kier molecular flexibility index (Phi) is 2.46. The Balaban J connectivity index is 2.31. The summed E-state index contributed by atoms with van der Waals surface area (Å²) in [6.45, 7) is 1.74. The van der Waals surface area contributed by atoms with Crippen LogP contribution in [0.2, 0.25) is 0 Å². The minimum atomic E-state index is -0.756. The van der Waals surface area contributed by atoms with Crippen LogP contribution in [-0.2, 0) is 4.79 Å². The van der Waals surface area contributed by atoms with E-state index >= 15 is 0 Å². The standard InChI is InChI=1S/C7H12N2O2/c1-9-5-4-8-6(9)2-3-7(10)11/h2-5H2,1H3,(H,10,11). The van der Waals surface area contributed by atoms with Gasteiger partial charge in [-0.2, -0.15) is 0 Å². The predicted octanol–water partition coefficient (Wildman–Crippen LogP) is 0.195. The van der Waals surface area contributed by atoms with Crippen molar-refractivity contribution in [3.8, 4) is 0 Å². The molecular formula is C7H12N2O2. The van der Waals surface area contributed by atoms with Gasteiger partial charge in [-0.05, 0) is 0 Å². The lowest BCUT2D eigenvalue weighted by Crippen LogP contribution is -2.23. The van der Waals surface area contributed by atoms with Gasteiger partial charge in [0.25, 0.3) is 0 Å². The molecule has 0 bridgehead atoms. The molecule has 0 aromatic rings. The highest BCUT2D eigenvalue weighted by Gasteiger charge is 2.12. The van der Waals surface area contributed by atoms with Crippen LogP contribution in [0.4, 0.5) is 0 Å². The van der Waals surface area contributed by atoms with E-state index in [-0.39, 0.29) is 6.42 Å². The quantitative estimate of drug-likeness (QED) is 0.634. The van der Waals surface area contributed by atoms with Crippen LogP contribution < -0.4 is 0 Å². The van der Waals surface area contributed by atoms with Crippen molar-refractivity contribution in [2.75, 3.05) is 20.1 Å². The monoisotopic (exact) mass is 156 g/mol. The first-order chi connectivity index (χ1) is 5.20. The predicted molar refractivity (Wildman–Crippen MR) is 41.8 cm³/mol. The third-order valence-corrected chi connectivity index (χ3v) is 1.73. The van der Waals surface area contributed by atoms with Gasteiger partial charge in [-0.3, -0.25) is 9.79 Å². The van der Waals surface area contributed by atoms with Gasteiger partial charge in [0, 0.05) is 20.0 Å². The van der Waals surface area contributed by atoms with Crippen molar-refractivity contribution in [2.45, 2.75) is 12.8 Å². The van der Waals surface area contributed by atoms with Crippen LogP contribution in [-0.4, -0.2) is 41.9 Å². The zero-order valence-electron chi connectivity index (χ0n) is 6.58. The molecule has 0 saturated carbocycles. The molecule has 62 valence electrons. The van der Waals surface area contributed by atoms with Crippen LogP contribution in [0.25, 0.3) is 0 Å². The van der Waals surface area contributed by atoms with E-state index in [2.05, 4.69) is 4.99 Å². The van der Waals surface area contributed by atoms with Crippen molar-refractivity contribution in [3.63, 3.8) is 0 Å². The minimum absolute atomic E-state index is 0.184. The van der Waals surface area contributed by atoms with E-state index in [9.17, 15) is 4.79 Å². The fourth-order valence-electron chi connectivity index (χ4n) is 1.07. The molecule has 0 aromatic heterocycles. The molecule has 1 heterocycles. The SMILES string of the molecule is CN1CCN=C1CCC(=O)O. The maximum absolute atomic E-state index is 10.2. The highest BCUT2D eigenvalue weighted by Crippen LogP contribution is 2.03. The first-order valence-corrected chi connectivity index (χ1v) is 3.66. The number of aliphatic imine (C=N–C) groups is 1. The van der Waals surface area contributed by atoms with Crippen molar-refractivity contribution in [3.05, 3.63) is 0 Å². The summed E-state index contributed by atoms with van der Waals surface area (Å²) in [6.07, 6.45) is 0.745. The summed E-state index contributed by atoms with van der Waals surface area (Å²) in [6, 6.07) is 0. The number of nitrogens with zero attached hydrogens (tertiary/aromatic N) is 2. The van der Waals surface area contributed by atoms with Crippen molar-refractivity contribution in [1.29, 1.82) is 0 Å². The molecule has 0 atom stereocenters. The van der Waals surface area contributed by atoms with Crippen LogP contribution in [0.1, 0.15) is 12.8 Å². The van der Waals surface area contributed by atoms with Gasteiger partial charge in [0.15, 0.2) is 0 Å². The number of carboxylic acids is 1. The minimum Gasteiger partial charge on any atom is -0.481 e. The lowest BCUT2D eigenvalue weighted by molar-refractivity contribution is -0.136. The normalized spacial score (nSPS) is 16.8. The zero-order chi connectivity index (χ0) is 8.27. The Morgan fingerprint density at radius 2 is 2.55 bits per heavy atom. The number of hydrogen-bond acceptors (Lipinski definition) is 3. The first-order valence-electron chi connectivity index (χ1n) is 3.66. The van der Waals surface area contributed by atoms with Gasteiger partial charge in [0.2, 0.25) is 0 Å². The summed E-state index contributed by atoms with van der Waals surface area (Å²) in [7, 11) is 1.94. The molecule has 4 nitrogen and oxygen atoms in total. The van der Waals surface area contributed by atoms with Crippen LogP contribution >= 0.6 is 0 Å². The molecule has 0 spiro atoms. The summed E-state index contributed by atoms with van der Waals surface area (Å²) in [5, 5.41) is 8.39. The average molecular weight is 156 g/mol. The van der Waals surface area contributed by atoms with Crippen molar-refractivity contribution < 1.29 is 9.90 Å². The van der Waals surface area contributed by atoms with E-state index in [0.29, 0.717) is 6.42 Å². The number of rotatable bonds is 3. The fourth-order valence-corrected chi connectivity index (χ4v) is 1.07. The Hall–Kier alpha value is -1.06. The number of aliphatic carboxylic acids is 1. The van der Waals surface area contributed by atoms with Crippen molar-refractivity contribution in [1.82, 2.24) is 4.90 Å². The molecule has 0 aliphatic carbocycles. The van der Waals surface area contributed by atoms with Gasteiger partial charge >= 0.3 is 5.97 Å². The number of hydrogen-bond donors (Lipinski definition) is 1. The molecule has 11 heavy (non-hydrogen) atoms. The maximum atomic E-state index is 10.2. The molecule has 0 unspecified atom stereocenters. The number of amidine groups is 1. The molecule has 4 heteroatoms. The van der Waals surface area contributed by atoms with Crippen molar-refractivity contribution >= 4 is 11.8 Å². The average Bonchev–Trinajstić information content (AvgIpc) is 2.31. The molecular weight excluding hydrogens is 144 g/mol. The highest BCUT2D eigenvalue weighted by atomic mass is 16.4. The highest BCUT2D eigenvalue weighted by molar-refractivity contribution is 5.86. The molecule has 1 N–H and O–H groups in total. The van der Waals surface area contributed by atoms with Crippen LogP contribution in [0, 0.1) is 0 Å². The largest absolute Gasteiger partial charge is 0.481 e. The Labute approximate surface area is 65.5 Å². The van der Waals surface area contributed by atoms with Crippen LogP contribution in [0.3, 0.4) is 0 Å². The van der Waals surface area contributed by atoms with E-state index in [1.807, 2.05) is 11.9 Å². The van der Waals surface area contributed by atoms with E-state index in [0.717, 1.165) is 18.9 Å². The summed E-state index contributed by atoms with van der Waals surface area (Å²) < 4.78 is 0. The Morgan fingerprint density at radius 1 is 1.82 bits per heavy atom. The van der Waals surface area contributed by atoms with Gasteiger partial charge in [0.05, 0.1) is 18.8 Å². The second kappa shape index (κ2) is 3.37. The molecule has 0 aromatic carbocycles. The maximum Gasteiger partial charge on any atom is 0.303 e. The molecule has 1 aliphatic rings. The van der Waals surface area contributed by atoms with Crippen LogP contribution in [0.5, 0.6) is 0 Å². The number of carbonyl (C=O) groups is 1. The van der Waals surface area contributed by atoms with Gasteiger partial charge in [-0.25, -0.2) is 0 Å². The topological polar surface area (TPSA) is 52.9 Å². The summed E-state index contributed by atoms with van der Waals surface area (Å²) in [5.41, 5.74) is 0. The van der Waals surface area contributed by atoms with Crippen molar-refractivity contribution in [2.24, 2.45) is 4.99 Å². The summed E-state index contributed by atoms with van der Waals surface area (Å²) >= 11 is 0. The molecule has 0 fully saturated rings. The molecule has 0 saturated heterocycles. The third kappa shape index (κ3) is 2.22. The fraction of sp³-hybridized carbons (Fsp3) is 0.714. The summed E-state index contributed by atoms with van der Waals surface area (Å²) in [5.74, 6) is 0.167. The Bertz CT molecular complexity index is 189.